The van der Waals surface area contributed by atoms with Crippen LogP contribution in [0.25, 0.3) is 0 Å². The van der Waals surface area contributed by atoms with Gasteiger partial charge in [-0.3, -0.25) is 4.79 Å². The van der Waals surface area contributed by atoms with Gasteiger partial charge in [-0.1, -0.05) is 18.2 Å². The zero-order valence-electron chi connectivity index (χ0n) is 21.9. The third-order valence-electron chi connectivity index (χ3n) is 7.46. The normalized spacial score (nSPS) is 22.3. The Labute approximate surface area is 223 Å². The van der Waals surface area contributed by atoms with Gasteiger partial charge in [0.15, 0.2) is 0 Å². The lowest BCUT2D eigenvalue weighted by molar-refractivity contribution is -0.143. The first-order chi connectivity index (χ1) is 18.0. The highest BCUT2D eigenvalue weighted by Gasteiger charge is 2.48. The van der Waals surface area contributed by atoms with Crippen molar-refractivity contribution < 1.29 is 40.3 Å². The maximum absolute atomic E-state index is 13.8. The highest BCUT2D eigenvalue weighted by Crippen LogP contribution is 2.49. The number of benzene rings is 2. The van der Waals surface area contributed by atoms with E-state index in [1.165, 1.54) is 26.0 Å². The summed E-state index contributed by atoms with van der Waals surface area (Å²) in [7, 11) is 0. The van der Waals surface area contributed by atoms with Crippen LogP contribution >= 0.6 is 0 Å². The molecular weight excluding hydrogens is 527 g/mol. The van der Waals surface area contributed by atoms with Gasteiger partial charge in [-0.25, -0.2) is 4.39 Å². The predicted octanol–water partition coefficient (Wildman–Crippen LogP) is 8.36. The highest BCUT2D eigenvalue weighted by molar-refractivity contribution is 5.73. The quantitative estimate of drug-likeness (QED) is 0.248. The van der Waals surface area contributed by atoms with E-state index in [4.69, 9.17) is 4.74 Å². The van der Waals surface area contributed by atoms with Crippen LogP contribution in [0, 0.1) is 11.7 Å². The predicted molar refractivity (Wildman–Crippen MR) is 133 cm³/mol. The molecule has 3 nitrogen and oxygen atoms in total. The van der Waals surface area contributed by atoms with Crippen molar-refractivity contribution in [3.05, 3.63) is 83.2 Å². The Morgan fingerprint density at radius 2 is 1.62 bits per heavy atom. The first kappa shape index (κ1) is 30.7. The molecule has 214 valence electrons. The van der Waals surface area contributed by atoms with Gasteiger partial charge in [-0.2, -0.15) is 26.3 Å². The van der Waals surface area contributed by atoms with E-state index in [1.807, 2.05) is 6.92 Å². The van der Waals surface area contributed by atoms with Crippen molar-refractivity contribution in [2.24, 2.45) is 5.92 Å². The minimum absolute atomic E-state index is 0.0849. The van der Waals surface area contributed by atoms with Crippen LogP contribution in [0.3, 0.4) is 0 Å². The molecule has 1 N–H and O–H groups in total. The standard InChI is InChI=1S/C29H32F7NO2/c1-5-6-13-27(4,37-18(3)38)24-11-12-25(26(24)19-7-9-23(30)10-8-19)39-17(2)20-14-21(28(31,32)33)16-22(15-20)29(34,35)36/h5,7-10,14-17,24-26H,1,6,11-13H2,2-4H3,(H,37,38)/t17-,24?,25?,26?,27+/m1/s1. The summed E-state index contributed by atoms with van der Waals surface area (Å²) in [5, 5.41) is 3.03. The van der Waals surface area contributed by atoms with Gasteiger partial charge >= 0.3 is 12.4 Å². The number of alkyl halides is 6. The van der Waals surface area contributed by atoms with Crippen molar-refractivity contribution in [2.75, 3.05) is 0 Å². The molecule has 5 atom stereocenters. The molecule has 0 saturated heterocycles. The van der Waals surface area contributed by atoms with Crippen molar-refractivity contribution in [3.8, 4) is 0 Å². The number of halogens is 7. The number of hydrogen-bond acceptors (Lipinski definition) is 2. The van der Waals surface area contributed by atoms with E-state index in [-0.39, 0.29) is 23.5 Å². The van der Waals surface area contributed by atoms with Gasteiger partial charge in [0.05, 0.1) is 23.3 Å². The maximum Gasteiger partial charge on any atom is 0.416 e. The number of carbonyl (C=O) groups excluding carboxylic acids is 1. The van der Waals surface area contributed by atoms with E-state index in [0.717, 1.165) is 0 Å². The van der Waals surface area contributed by atoms with Crippen LogP contribution in [-0.4, -0.2) is 17.6 Å². The number of allylic oxidation sites excluding steroid dienone is 1. The third kappa shape index (κ3) is 7.41. The molecule has 1 fully saturated rings. The van der Waals surface area contributed by atoms with E-state index >= 15 is 0 Å². The van der Waals surface area contributed by atoms with Gasteiger partial charge in [0.25, 0.3) is 0 Å². The van der Waals surface area contributed by atoms with Crippen LogP contribution in [0.15, 0.2) is 55.1 Å². The SMILES string of the molecule is C=CCC[C@](C)(NC(C)=O)C1CCC(O[C@H](C)c2cc(C(F)(F)F)cc(C(F)(F)F)c2)C1c1ccc(F)cc1. The molecule has 1 amide bonds. The van der Waals surface area contributed by atoms with Gasteiger partial charge in [-0.15, -0.1) is 6.58 Å². The average molecular weight is 560 g/mol. The first-order valence-electron chi connectivity index (χ1n) is 12.6. The fourth-order valence-corrected chi connectivity index (χ4v) is 5.66. The molecule has 3 unspecified atom stereocenters. The zero-order chi connectivity index (χ0) is 29.2. The van der Waals surface area contributed by atoms with Gasteiger partial charge < -0.3 is 10.1 Å². The van der Waals surface area contributed by atoms with Gasteiger partial charge in [0.1, 0.15) is 5.82 Å². The Balaban J connectivity index is 2.01. The Morgan fingerprint density at radius 1 is 1.05 bits per heavy atom. The summed E-state index contributed by atoms with van der Waals surface area (Å²) in [4.78, 5) is 12.1. The first-order valence-corrected chi connectivity index (χ1v) is 12.6. The molecule has 3 rings (SSSR count). The zero-order valence-corrected chi connectivity index (χ0v) is 21.9. The minimum Gasteiger partial charge on any atom is -0.370 e. The molecule has 2 aromatic carbocycles. The lowest BCUT2D eigenvalue weighted by atomic mass is 9.73. The second-order valence-electron chi connectivity index (χ2n) is 10.3. The number of rotatable bonds is 9. The summed E-state index contributed by atoms with van der Waals surface area (Å²) in [6.07, 6.45) is -7.82. The summed E-state index contributed by atoms with van der Waals surface area (Å²) in [5.74, 6) is -1.33. The summed E-state index contributed by atoms with van der Waals surface area (Å²) in [6.45, 7) is 8.46. The molecule has 10 heteroatoms. The average Bonchev–Trinajstić information content (AvgIpc) is 3.25. The second kappa shape index (κ2) is 11.7. The molecule has 0 radical (unpaired) electrons. The Kier molecular flexibility index (Phi) is 9.20. The Bertz CT molecular complexity index is 1130. The lowest BCUT2D eigenvalue weighted by Gasteiger charge is -2.41. The van der Waals surface area contributed by atoms with Crippen LogP contribution in [0.4, 0.5) is 30.7 Å². The summed E-state index contributed by atoms with van der Waals surface area (Å²) in [5.41, 5.74) is -3.10. The van der Waals surface area contributed by atoms with E-state index in [2.05, 4.69) is 11.9 Å². The molecule has 0 spiro atoms. The minimum atomic E-state index is -4.98. The van der Waals surface area contributed by atoms with Crippen LogP contribution in [0.1, 0.15) is 80.7 Å². The van der Waals surface area contributed by atoms with Crippen molar-refractivity contribution in [2.45, 2.75) is 82.5 Å². The highest BCUT2D eigenvalue weighted by atomic mass is 19.4. The molecule has 1 aliphatic carbocycles. The van der Waals surface area contributed by atoms with Crippen LogP contribution in [-0.2, 0) is 21.9 Å². The van der Waals surface area contributed by atoms with Crippen LogP contribution in [0.2, 0.25) is 0 Å². The molecule has 0 bridgehead atoms. The van der Waals surface area contributed by atoms with E-state index in [0.29, 0.717) is 43.4 Å². The number of amides is 1. The summed E-state index contributed by atoms with van der Waals surface area (Å²) < 4.78 is 101. The third-order valence-corrected chi connectivity index (χ3v) is 7.46. The molecule has 1 saturated carbocycles. The van der Waals surface area contributed by atoms with Crippen LogP contribution < -0.4 is 5.32 Å². The van der Waals surface area contributed by atoms with Crippen molar-refractivity contribution in [3.63, 3.8) is 0 Å². The molecular formula is C29H32F7NO2. The second-order valence-corrected chi connectivity index (χ2v) is 10.3. The number of carbonyl (C=O) groups is 1. The fourth-order valence-electron chi connectivity index (χ4n) is 5.66. The fraction of sp³-hybridized carbons (Fsp3) is 0.483. The van der Waals surface area contributed by atoms with Crippen molar-refractivity contribution >= 4 is 5.91 Å². The van der Waals surface area contributed by atoms with E-state index < -0.39 is 53.0 Å². The van der Waals surface area contributed by atoms with Gasteiger partial charge in [0.2, 0.25) is 5.91 Å². The largest absolute Gasteiger partial charge is 0.416 e. The Morgan fingerprint density at radius 3 is 2.10 bits per heavy atom. The number of nitrogens with one attached hydrogen (secondary N) is 1. The monoisotopic (exact) mass is 559 g/mol. The molecule has 1 aliphatic rings. The molecule has 0 aromatic heterocycles. The van der Waals surface area contributed by atoms with E-state index in [1.54, 1.807) is 18.2 Å². The van der Waals surface area contributed by atoms with E-state index in [9.17, 15) is 35.5 Å². The van der Waals surface area contributed by atoms with Crippen molar-refractivity contribution in [1.29, 1.82) is 0 Å². The Hall–Kier alpha value is -2.88. The topological polar surface area (TPSA) is 38.3 Å². The van der Waals surface area contributed by atoms with Crippen molar-refractivity contribution in [1.82, 2.24) is 5.32 Å². The summed E-state index contributed by atoms with van der Waals surface area (Å²) >= 11 is 0. The van der Waals surface area contributed by atoms with Gasteiger partial charge in [-0.05, 0) is 86.9 Å². The smallest absolute Gasteiger partial charge is 0.370 e. The van der Waals surface area contributed by atoms with Crippen LogP contribution in [0.5, 0.6) is 0 Å². The molecule has 2 aromatic rings. The molecule has 0 heterocycles. The molecule has 39 heavy (non-hydrogen) atoms. The lowest BCUT2D eigenvalue weighted by Crippen LogP contribution is -2.52. The van der Waals surface area contributed by atoms with Gasteiger partial charge in [0, 0.05) is 18.4 Å². The maximum atomic E-state index is 13.8. The molecule has 0 aliphatic heterocycles. The number of hydrogen-bond donors (Lipinski definition) is 1. The summed E-state index contributed by atoms with van der Waals surface area (Å²) in [6, 6.07) is 7.18. The number of ether oxygens (including phenoxy) is 1.